The zero-order chi connectivity index (χ0) is 31.0. The Balaban J connectivity index is 1.19. The maximum absolute atomic E-state index is 14.6. The molecular weight excluding hydrogens is 574 g/mol. The molecule has 0 bridgehead atoms. The lowest BCUT2D eigenvalue weighted by molar-refractivity contribution is -0.138. The fourth-order valence-corrected chi connectivity index (χ4v) is 5.82. The van der Waals surface area contributed by atoms with Gasteiger partial charge in [0, 0.05) is 39.0 Å². The van der Waals surface area contributed by atoms with E-state index in [0.717, 1.165) is 17.0 Å². The SMILES string of the molecule is COCCOc1ccc(N2CCN(C(=O)[C@@](C)(c3ccccc3)n3ncc4c3nc(N)n3nc(-c5ccco5)nc43)CC2)cc1. The molecule has 1 aliphatic heterocycles. The Morgan fingerprint density at radius 3 is 2.44 bits per heavy atom. The zero-order valence-corrected chi connectivity index (χ0v) is 25.0. The van der Waals surface area contributed by atoms with Crippen LogP contribution in [0.4, 0.5) is 11.6 Å². The molecule has 13 nitrogen and oxygen atoms in total. The number of fused-ring (bicyclic) bond motifs is 3. The van der Waals surface area contributed by atoms with E-state index in [9.17, 15) is 4.79 Å². The van der Waals surface area contributed by atoms with E-state index in [-0.39, 0.29) is 11.9 Å². The lowest BCUT2D eigenvalue weighted by Crippen LogP contribution is -2.56. The Morgan fingerprint density at radius 1 is 0.956 bits per heavy atom. The van der Waals surface area contributed by atoms with Crippen LogP contribution in [0.15, 0.2) is 83.6 Å². The van der Waals surface area contributed by atoms with E-state index in [1.807, 2.05) is 66.4 Å². The number of furan rings is 1. The molecule has 230 valence electrons. The molecule has 0 unspecified atom stereocenters. The van der Waals surface area contributed by atoms with Gasteiger partial charge in [0.25, 0.3) is 5.91 Å². The lowest BCUT2D eigenvalue weighted by Gasteiger charge is -2.40. The number of aromatic nitrogens is 6. The van der Waals surface area contributed by atoms with Gasteiger partial charge in [-0.3, -0.25) is 4.79 Å². The number of methoxy groups -OCH3 is 1. The number of piperazine rings is 1. The minimum absolute atomic E-state index is 0.0850. The van der Waals surface area contributed by atoms with Gasteiger partial charge in [0.1, 0.15) is 12.4 Å². The molecule has 5 heterocycles. The Kier molecular flexibility index (Phi) is 7.29. The lowest BCUT2D eigenvalue weighted by atomic mass is 9.90. The van der Waals surface area contributed by atoms with Gasteiger partial charge >= 0.3 is 0 Å². The Bertz CT molecular complexity index is 1930. The third-order valence-corrected chi connectivity index (χ3v) is 8.27. The summed E-state index contributed by atoms with van der Waals surface area (Å²) in [6, 6.07) is 21.2. The molecule has 1 aliphatic rings. The number of carbonyl (C=O) groups is 1. The number of amides is 1. The fraction of sp³-hybridized carbons (Fsp3) is 0.281. The molecule has 1 atom stereocenters. The van der Waals surface area contributed by atoms with Gasteiger partial charge in [-0.15, -0.1) is 5.10 Å². The number of anilines is 2. The molecule has 0 aliphatic carbocycles. The highest BCUT2D eigenvalue weighted by Gasteiger charge is 2.43. The van der Waals surface area contributed by atoms with E-state index >= 15 is 0 Å². The summed E-state index contributed by atoms with van der Waals surface area (Å²) >= 11 is 0. The highest BCUT2D eigenvalue weighted by Crippen LogP contribution is 2.33. The summed E-state index contributed by atoms with van der Waals surface area (Å²) in [6.07, 6.45) is 3.22. The molecule has 4 aromatic heterocycles. The van der Waals surface area contributed by atoms with Crippen LogP contribution < -0.4 is 15.4 Å². The van der Waals surface area contributed by atoms with Crippen LogP contribution in [0, 0.1) is 0 Å². The van der Waals surface area contributed by atoms with Crippen LogP contribution in [-0.4, -0.2) is 86.7 Å². The third kappa shape index (κ3) is 5.00. The van der Waals surface area contributed by atoms with E-state index in [1.54, 1.807) is 36.4 Å². The van der Waals surface area contributed by atoms with Gasteiger partial charge in [-0.25, -0.2) is 9.67 Å². The molecule has 7 rings (SSSR count). The van der Waals surface area contributed by atoms with Gasteiger partial charge in [0.2, 0.25) is 11.8 Å². The zero-order valence-electron chi connectivity index (χ0n) is 25.0. The summed E-state index contributed by atoms with van der Waals surface area (Å²) in [6.45, 7) is 5.37. The molecule has 0 saturated carbocycles. The molecule has 0 radical (unpaired) electrons. The maximum atomic E-state index is 14.6. The highest BCUT2D eigenvalue weighted by atomic mass is 16.5. The number of ether oxygens (including phenoxy) is 2. The summed E-state index contributed by atoms with van der Waals surface area (Å²) in [7, 11) is 1.65. The summed E-state index contributed by atoms with van der Waals surface area (Å²) in [5, 5.41) is 9.84. The number of hydrogen-bond acceptors (Lipinski definition) is 10. The third-order valence-electron chi connectivity index (χ3n) is 8.27. The second-order valence-corrected chi connectivity index (χ2v) is 11.0. The largest absolute Gasteiger partial charge is 0.491 e. The van der Waals surface area contributed by atoms with Crippen molar-refractivity contribution in [3.05, 3.63) is 84.8 Å². The second kappa shape index (κ2) is 11.6. The van der Waals surface area contributed by atoms with Crippen molar-refractivity contribution in [2.45, 2.75) is 12.5 Å². The van der Waals surface area contributed by atoms with E-state index in [1.165, 1.54) is 4.52 Å². The van der Waals surface area contributed by atoms with Crippen LogP contribution >= 0.6 is 0 Å². The first kappa shape index (κ1) is 28.3. The van der Waals surface area contributed by atoms with Crippen molar-refractivity contribution < 1.29 is 18.7 Å². The number of nitrogens with two attached hydrogens (primary N) is 1. The van der Waals surface area contributed by atoms with Gasteiger partial charge < -0.3 is 29.4 Å². The fourth-order valence-electron chi connectivity index (χ4n) is 5.82. The number of nitrogen functional groups attached to an aromatic ring is 1. The standard InChI is InChI=1S/C32H33N9O4/c1-32(22-7-4-3-5-8-22,30(42)39-16-14-38(15-17-39)23-10-12-24(13-11-23)44-20-19-43-2)41-29-25(21-34-41)28-35-27(26-9-6-18-45-26)37-40(28)31(33)36-29/h3-13,18,21H,14-17,19-20H2,1-2H3,(H2,33,36)/t32-/m1/s1. The van der Waals surface area contributed by atoms with Crippen molar-refractivity contribution >= 4 is 34.2 Å². The molecule has 1 saturated heterocycles. The van der Waals surface area contributed by atoms with E-state index in [2.05, 4.69) is 20.0 Å². The van der Waals surface area contributed by atoms with Gasteiger partial charge in [0.05, 0.1) is 24.5 Å². The summed E-state index contributed by atoms with van der Waals surface area (Å²) in [5.41, 5.74) is 7.95. The van der Waals surface area contributed by atoms with Crippen LogP contribution in [0.25, 0.3) is 28.3 Å². The first-order valence-electron chi connectivity index (χ1n) is 14.7. The normalized spacial score (nSPS) is 15.1. The predicted molar refractivity (Wildman–Crippen MR) is 168 cm³/mol. The van der Waals surface area contributed by atoms with E-state index in [0.29, 0.717) is 67.7 Å². The number of carbonyl (C=O) groups excluding carboxylic acids is 1. The van der Waals surface area contributed by atoms with Gasteiger partial charge in [0.15, 0.2) is 22.6 Å². The van der Waals surface area contributed by atoms with Crippen LogP contribution in [0.3, 0.4) is 0 Å². The first-order valence-corrected chi connectivity index (χ1v) is 14.7. The summed E-state index contributed by atoms with van der Waals surface area (Å²) < 4.78 is 19.4. The molecule has 13 heteroatoms. The average molecular weight is 608 g/mol. The molecule has 1 fully saturated rings. The van der Waals surface area contributed by atoms with E-state index in [4.69, 9.17) is 24.7 Å². The van der Waals surface area contributed by atoms with Crippen LogP contribution in [0.1, 0.15) is 12.5 Å². The summed E-state index contributed by atoms with van der Waals surface area (Å²) in [4.78, 5) is 28.1. The van der Waals surface area contributed by atoms with Gasteiger partial charge in [-0.05, 0) is 48.9 Å². The minimum atomic E-state index is -1.21. The van der Waals surface area contributed by atoms with Crippen molar-refractivity contribution in [3.63, 3.8) is 0 Å². The van der Waals surface area contributed by atoms with Crippen LogP contribution in [0.5, 0.6) is 5.75 Å². The number of rotatable bonds is 9. The van der Waals surface area contributed by atoms with E-state index < -0.39 is 5.54 Å². The number of benzene rings is 2. The predicted octanol–water partition coefficient (Wildman–Crippen LogP) is 3.45. The quantitative estimate of drug-likeness (QED) is 0.243. The minimum Gasteiger partial charge on any atom is -0.491 e. The molecular formula is C32H33N9O4. The monoisotopic (exact) mass is 607 g/mol. The molecule has 6 aromatic rings. The van der Waals surface area contributed by atoms with Gasteiger partial charge in [-0.1, -0.05) is 30.3 Å². The van der Waals surface area contributed by atoms with Crippen molar-refractivity contribution in [3.8, 4) is 17.3 Å². The van der Waals surface area contributed by atoms with Crippen molar-refractivity contribution in [1.29, 1.82) is 0 Å². The van der Waals surface area contributed by atoms with Crippen molar-refractivity contribution in [1.82, 2.24) is 34.3 Å². The maximum Gasteiger partial charge on any atom is 0.255 e. The molecule has 2 N–H and O–H groups in total. The summed E-state index contributed by atoms with van der Waals surface area (Å²) in [5.74, 6) is 1.72. The smallest absolute Gasteiger partial charge is 0.255 e. The highest BCUT2D eigenvalue weighted by molar-refractivity contribution is 5.94. The van der Waals surface area contributed by atoms with Gasteiger partial charge in [-0.2, -0.15) is 14.6 Å². The molecule has 2 aromatic carbocycles. The van der Waals surface area contributed by atoms with Crippen molar-refractivity contribution in [2.75, 3.05) is 57.1 Å². The topological polar surface area (TPSA) is 142 Å². The van der Waals surface area contributed by atoms with Crippen LogP contribution in [-0.2, 0) is 15.1 Å². The Morgan fingerprint density at radius 2 is 1.73 bits per heavy atom. The Labute approximate surface area is 258 Å². The Hall–Kier alpha value is -5.43. The number of hydrogen-bond donors (Lipinski definition) is 1. The average Bonchev–Trinajstić information content (AvgIpc) is 3.86. The molecule has 0 spiro atoms. The first-order chi connectivity index (χ1) is 22.0. The van der Waals surface area contributed by atoms with Crippen molar-refractivity contribution in [2.24, 2.45) is 0 Å². The second-order valence-electron chi connectivity index (χ2n) is 11.0. The molecule has 45 heavy (non-hydrogen) atoms. The number of nitrogens with zero attached hydrogens (tertiary/aromatic N) is 8. The molecule has 1 amide bonds. The van der Waals surface area contributed by atoms with Crippen LogP contribution in [0.2, 0.25) is 0 Å².